The van der Waals surface area contributed by atoms with Gasteiger partial charge in [0.15, 0.2) is 5.78 Å². The second kappa shape index (κ2) is 5.64. The van der Waals surface area contributed by atoms with Crippen molar-refractivity contribution >= 4 is 17.5 Å². The average Bonchev–Trinajstić information content (AvgIpc) is 2.76. The van der Waals surface area contributed by atoms with Crippen LogP contribution in [0.15, 0.2) is 51.7 Å². The molecule has 0 amide bonds. The molecule has 0 fully saturated rings. The summed E-state index contributed by atoms with van der Waals surface area (Å²) in [5.74, 6) is -0.550. The summed E-state index contributed by atoms with van der Waals surface area (Å²) in [7, 11) is 0. The fourth-order valence-corrected chi connectivity index (χ4v) is 1.86. The van der Waals surface area contributed by atoms with Crippen LogP contribution in [0.2, 0.25) is 0 Å². The smallest absolute Gasteiger partial charge is 0.260 e. The lowest BCUT2D eigenvalue weighted by atomic mass is 10.1. The molecule has 0 radical (unpaired) electrons. The van der Waals surface area contributed by atoms with E-state index in [1.165, 1.54) is 48.4 Å². The molecule has 0 aliphatic rings. The van der Waals surface area contributed by atoms with Crippen LogP contribution >= 0.6 is 11.8 Å². The molecule has 2 aromatic rings. The van der Waals surface area contributed by atoms with Gasteiger partial charge in [0.25, 0.3) is 5.22 Å². The summed E-state index contributed by atoms with van der Waals surface area (Å²) in [4.78, 5) is 15.8. The van der Waals surface area contributed by atoms with Crippen molar-refractivity contribution in [3.05, 3.63) is 59.1 Å². The Morgan fingerprint density at radius 3 is 2.72 bits per heavy atom. The Hall–Kier alpha value is -1.88. The van der Waals surface area contributed by atoms with E-state index in [9.17, 15) is 9.18 Å². The molecule has 0 atom stereocenters. The molecule has 18 heavy (non-hydrogen) atoms. The van der Waals surface area contributed by atoms with Crippen LogP contribution in [0.3, 0.4) is 0 Å². The lowest BCUT2D eigenvalue weighted by Gasteiger charge is -1.94. The van der Waals surface area contributed by atoms with Crippen molar-refractivity contribution in [3.63, 3.8) is 0 Å². The number of nitrogens with zero attached hydrogens (tertiary/aromatic N) is 1. The number of rotatable bonds is 4. The van der Waals surface area contributed by atoms with E-state index in [1.54, 1.807) is 5.41 Å². The summed E-state index contributed by atoms with van der Waals surface area (Å²) in [6, 6.07) is 5.40. The van der Waals surface area contributed by atoms with Crippen molar-refractivity contribution in [2.75, 3.05) is 0 Å². The zero-order valence-electron chi connectivity index (χ0n) is 9.59. The number of carbonyl (C=O) groups is 1. The first-order chi connectivity index (χ1) is 8.65. The maximum atomic E-state index is 12.7. The predicted octanol–water partition coefficient (Wildman–Crippen LogP) is 3.61. The highest BCUT2D eigenvalue weighted by Gasteiger charge is 2.02. The molecule has 0 bridgehead atoms. The van der Waals surface area contributed by atoms with Gasteiger partial charge in [-0.3, -0.25) is 4.79 Å². The van der Waals surface area contributed by atoms with Gasteiger partial charge in [-0.05, 0) is 54.4 Å². The fraction of sp³-hybridized carbons (Fsp3) is 0.0769. The van der Waals surface area contributed by atoms with Crippen molar-refractivity contribution in [2.45, 2.75) is 12.1 Å². The molecule has 0 saturated heterocycles. The van der Waals surface area contributed by atoms with E-state index < -0.39 is 0 Å². The van der Waals surface area contributed by atoms with Gasteiger partial charge in [-0.1, -0.05) is 0 Å². The van der Waals surface area contributed by atoms with Gasteiger partial charge in [-0.25, -0.2) is 9.37 Å². The van der Waals surface area contributed by atoms with Crippen molar-refractivity contribution in [1.82, 2.24) is 4.98 Å². The Labute approximate surface area is 108 Å². The lowest BCUT2D eigenvalue weighted by molar-refractivity contribution is 0.104. The maximum absolute atomic E-state index is 12.7. The summed E-state index contributed by atoms with van der Waals surface area (Å²) in [5, 5.41) is 2.08. The topological polar surface area (TPSA) is 43.1 Å². The van der Waals surface area contributed by atoms with Crippen molar-refractivity contribution in [2.24, 2.45) is 0 Å². The Bertz CT molecular complexity index is 575. The molecule has 0 saturated carbocycles. The molecule has 2 rings (SSSR count). The van der Waals surface area contributed by atoms with Gasteiger partial charge in [0, 0.05) is 5.56 Å². The van der Waals surface area contributed by atoms with Crippen LogP contribution in [-0.2, 0) is 0 Å². The van der Waals surface area contributed by atoms with Gasteiger partial charge in [-0.15, -0.1) is 0 Å². The van der Waals surface area contributed by atoms with Crippen LogP contribution in [0.5, 0.6) is 0 Å². The molecule has 3 nitrogen and oxygen atoms in total. The number of aryl methyl sites for hydroxylation is 1. The zero-order chi connectivity index (χ0) is 13.0. The summed E-state index contributed by atoms with van der Waals surface area (Å²) in [5.41, 5.74) is 1.23. The first-order valence-electron chi connectivity index (χ1n) is 5.20. The molecule has 0 aliphatic heterocycles. The molecule has 1 aromatic carbocycles. The lowest BCUT2D eigenvalue weighted by Crippen LogP contribution is -1.93. The number of hydrogen-bond acceptors (Lipinski definition) is 4. The normalized spacial score (nSPS) is 11.0. The van der Waals surface area contributed by atoms with Gasteiger partial charge < -0.3 is 4.42 Å². The summed E-state index contributed by atoms with van der Waals surface area (Å²) >= 11 is 1.21. The summed E-state index contributed by atoms with van der Waals surface area (Å²) in [6.07, 6.45) is 2.94. The second-order valence-electron chi connectivity index (χ2n) is 3.55. The number of oxazole rings is 1. The molecule has 0 aliphatic carbocycles. The van der Waals surface area contributed by atoms with Crippen LogP contribution in [-0.4, -0.2) is 10.8 Å². The minimum Gasteiger partial charge on any atom is -0.439 e. The average molecular weight is 263 g/mol. The predicted molar refractivity (Wildman–Crippen MR) is 67.0 cm³/mol. The van der Waals surface area contributed by atoms with E-state index in [0.717, 1.165) is 5.69 Å². The van der Waals surface area contributed by atoms with E-state index in [-0.39, 0.29) is 11.6 Å². The van der Waals surface area contributed by atoms with Gasteiger partial charge in [0.05, 0.1) is 5.69 Å². The highest BCUT2D eigenvalue weighted by atomic mass is 32.2. The first-order valence-corrected chi connectivity index (χ1v) is 6.08. The molecule has 0 N–H and O–H groups in total. The zero-order valence-corrected chi connectivity index (χ0v) is 10.4. The van der Waals surface area contributed by atoms with E-state index >= 15 is 0 Å². The molecule has 0 unspecified atom stereocenters. The van der Waals surface area contributed by atoms with Crippen LogP contribution < -0.4 is 0 Å². The van der Waals surface area contributed by atoms with Crippen molar-refractivity contribution < 1.29 is 13.6 Å². The maximum Gasteiger partial charge on any atom is 0.260 e. The molecular formula is C13H10FNO2S. The molecule has 1 heterocycles. The molecule has 92 valence electrons. The van der Waals surface area contributed by atoms with E-state index in [0.29, 0.717) is 10.8 Å². The Morgan fingerprint density at radius 1 is 1.39 bits per heavy atom. The number of halogens is 1. The second-order valence-corrected chi connectivity index (χ2v) is 4.40. The quantitative estimate of drug-likeness (QED) is 0.480. The monoisotopic (exact) mass is 263 g/mol. The standard InChI is InChI=1S/C13H10FNO2S/c1-9-8-17-13(15-9)18-7-6-12(16)10-2-4-11(14)5-3-10/h2-8H,1H3/b7-6+. The third kappa shape index (κ3) is 3.30. The first kappa shape index (κ1) is 12.6. The highest BCUT2D eigenvalue weighted by molar-refractivity contribution is 8.01. The Balaban J connectivity index is 1.97. The number of aromatic nitrogens is 1. The van der Waals surface area contributed by atoms with Crippen LogP contribution in [0.25, 0.3) is 0 Å². The largest absolute Gasteiger partial charge is 0.439 e. The minimum absolute atomic E-state index is 0.189. The number of ketones is 1. The number of hydrogen-bond donors (Lipinski definition) is 0. The minimum atomic E-state index is -0.361. The molecule has 5 heteroatoms. The number of benzene rings is 1. The highest BCUT2D eigenvalue weighted by Crippen LogP contribution is 2.18. The Morgan fingerprint density at radius 2 is 2.11 bits per heavy atom. The van der Waals surface area contributed by atoms with Gasteiger partial charge >= 0.3 is 0 Å². The van der Waals surface area contributed by atoms with Gasteiger partial charge in [-0.2, -0.15) is 0 Å². The Kier molecular flexibility index (Phi) is 3.94. The van der Waals surface area contributed by atoms with Gasteiger partial charge in [0.2, 0.25) is 0 Å². The number of carbonyl (C=O) groups excluding carboxylic acids is 1. The molecular weight excluding hydrogens is 253 g/mol. The third-order valence-corrected chi connectivity index (χ3v) is 2.78. The van der Waals surface area contributed by atoms with Crippen LogP contribution in [0.4, 0.5) is 4.39 Å². The van der Waals surface area contributed by atoms with Gasteiger partial charge in [0.1, 0.15) is 12.1 Å². The summed E-state index contributed by atoms with van der Waals surface area (Å²) in [6.45, 7) is 1.82. The number of allylic oxidation sites excluding steroid dienone is 1. The molecule has 1 aromatic heterocycles. The third-order valence-electron chi connectivity index (χ3n) is 2.11. The fourth-order valence-electron chi connectivity index (χ4n) is 1.25. The van der Waals surface area contributed by atoms with Crippen LogP contribution in [0.1, 0.15) is 16.1 Å². The number of thioether (sulfide) groups is 1. The van der Waals surface area contributed by atoms with Crippen molar-refractivity contribution in [3.8, 4) is 0 Å². The van der Waals surface area contributed by atoms with Crippen LogP contribution in [0, 0.1) is 12.7 Å². The van der Waals surface area contributed by atoms with E-state index in [2.05, 4.69) is 4.98 Å². The SMILES string of the molecule is Cc1coc(S/C=C/C(=O)c2ccc(F)cc2)n1. The van der Waals surface area contributed by atoms with E-state index in [4.69, 9.17) is 4.42 Å². The van der Waals surface area contributed by atoms with E-state index in [1.807, 2.05) is 6.92 Å². The summed E-state index contributed by atoms with van der Waals surface area (Å²) < 4.78 is 17.8. The van der Waals surface area contributed by atoms with Crippen molar-refractivity contribution in [1.29, 1.82) is 0 Å². The molecule has 0 spiro atoms.